The van der Waals surface area contributed by atoms with E-state index < -0.39 is 0 Å². The highest BCUT2D eigenvalue weighted by Gasteiger charge is 2.22. The lowest BCUT2D eigenvalue weighted by Crippen LogP contribution is -2.30. The smallest absolute Gasteiger partial charge is 0.119 e. The van der Waals surface area contributed by atoms with Gasteiger partial charge in [-0.15, -0.1) is 0 Å². The highest BCUT2D eigenvalue weighted by atomic mass is 16.5. The van der Waals surface area contributed by atoms with Crippen molar-refractivity contribution in [1.82, 2.24) is 5.32 Å². The second-order valence-electron chi connectivity index (χ2n) is 7.07. The predicted molar refractivity (Wildman–Crippen MR) is 91.7 cm³/mol. The average Bonchev–Trinajstić information content (AvgIpc) is 2.53. The Morgan fingerprint density at radius 1 is 1.05 bits per heavy atom. The fraction of sp³-hybridized carbons (Fsp3) is 0.400. The quantitative estimate of drug-likeness (QED) is 0.895. The van der Waals surface area contributed by atoms with Crippen LogP contribution in [0.15, 0.2) is 42.5 Å². The van der Waals surface area contributed by atoms with Crippen LogP contribution in [0.4, 0.5) is 0 Å². The Balaban J connectivity index is 1.94. The van der Waals surface area contributed by atoms with Gasteiger partial charge in [0.15, 0.2) is 0 Å². The monoisotopic (exact) mass is 295 g/mol. The van der Waals surface area contributed by atoms with Gasteiger partial charge >= 0.3 is 0 Å². The Hall–Kier alpha value is -1.80. The zero-order valence-corrected chi connectivity index (χ0v) is 13.9. The SMILES string of the molecule is COc1ccc2c(c1)CCNC2c1ccc(C(C)(C)C)cc1. The maximum absolute atomic E-state index is 5.35. The molecule has 0 bridgehead atoms. The van der Waals surface area contributed by atoms with Crippen LogP contribution < -0.4 is 10.1 Å². The van der Waals surface area contributed by atoms with Gasteiger partial charge < -0.3 is 10.1 Å². The molecule has 3 rings (SSSR count). The van der Waals surface area contributed by atoms with Gasteiger partial charge in [-0.25, -0.2) is 0 Å². The summed E-state index contributed by atoms with van der Waals surface area (Å²) in [5, 5.41) is 3.65. The minimum Gasteiger partial charge on any atom is -0.497 e. The first-order chi connectivity index (χ1) is 10.5. The first-order valence-corrected chi connectivity index (χ1v) is 7.99. The Morgan fingerprint density at radius 2 is 1.77 bits per heavy atom. The van der Waals surface area contributed by atoms with E-state index in [1.807, 2.05) is 0 Å². The van der Waals surface area contributed by atoms with Crippen LogP contribution in [-0.4, -0.2) is 13.7 Å². The summed E-state index contributed by atoms with van der Waals surface area (Å²) in [5.74, 6) is 0.947. The van der Waals surface area contributed by atoms with Crippen LogP contribution in [0, 0.1) is 0 Å². The second-order valence-corrected chi connectivity index (χ2v) is 7.07. The first-order valence-electron chi connectivity index (χ1n) is 7.99. The van der Waals surface area contributed by atoms with Crippen LogP contribution in [0.2, 0.25) is 0 Å². The average molecular weight is 295 g/mol. The third-order valence-electron chi connectivity index (χ3n) is 4.51. The van der Waals surface area contributed by atoms with Crippen molar-refractivity contribution in [2.24, 2.45) is 0 Å². The van der Waals surface area contributed by atoms with Crippen LogP contribution >= 0.6 is 0 Å². The van der Waals surface area contributed by atoms with Gasteiger partial charge in [0.05, 0.1) is 13.2 Å². The lowest BCUT2D eigenvalue weighted by Gasteiger charge is -2.28. The topological polar surface area (TPSA) is 21.3 Å². The van der Waals surface area contributed by atoms with Gasteiger partial charge in [-0.1, -0.05) is 51.1 Å². The molecule has 0 saturated carbocycles. The molecule has 1 unspecified atom stereocenters. The Bertz CT molecular complexity index is 652. The van der Waals surface area contributed by atoms with Crippen molar-refractivity contribution in [3.63, 3.8) is 0 Å². The summed E-state index contributed by atoms with van der Waals surface area (Å²) in [5.41, 5.74) is 5.67. The molecule has 2 heteroatoms. The summed E-state index contributed by atoms with van der Waals surface area (Å²) in [4.78, 5) is 0. The van der Waals surface area contributed by atoms with Crippen LogP contribution in [0.1, 0.15) is 49.1 Å². The molecule has 0 fully saturated rings. The second kappa shape index (κ2) is 5.77. The Kier molecular flexibility index (Phi) is 3.96. The van der Waals surface area contributed by atoms with Crippen molar-refractivity contribution in [3.05, 3.63) is 64.7 Å². The molecule has 1 aliphatic heterocycles. The highest BCUT2D eigenvalue weighted by molar-refractivity contribution is 5.44. The molecule has 2 aromatic carbocycles. The highest BCUT2D eigenvalue weighted by Crippen LogP contribution is 2.32. The number of methoxy groups -OCH3 is 1. The third kappa shape index (κ3) is 2.89. The number of rotatable bonds is 2. The maximum atomic E-state index is 5.35. The van der Waals surface area contributed by atoms with Crippen molar-refractivity contribution in [3.8, 4) is 5.75 Å². The number of fused-ring (bicyclic) bond motifs is 1. The lowest BCUT2D eigenvalue weighted by molar-refractivity contribution is 0.413. The van der Waals surface area contributed by atoms with Gasteiger partial charge in [-0.2, -0.15) is 0 Å². The molecular weight excluding hydrogens is 270 g/mol. The first kappa shape index (κ1) is 15.1. The molecule has 116 valence electrons. The summed E-state index contributed by atoms with van der Waals surface area (Å²) in [6.45, 7) is 7.76. The van der Waals surface area contributed by atoms with Crippen molar-refractivity contribution < 1.29 is 4.74 Å². The minimum atomic E-state index is 0.198. The molecule has 0 saturated heterocycles. The lowest BCUT2D eigenvalue weighted by atomic mass is 9.84. The Labute approximate surface area is 133 Å². The molecule has 0 amide bonds. The molecule has 1 heterocycles. The van der Waals surface area contributed by atoms with Gasteiger partial charge in [0, 0.05) is 6.54 Å². The predicted octanol–water partition coefficient (Wildman–Crippen LogP) is 4.23. The van der Waals surface area contributed by atoms with E-state index >= 15 is 0 Å². The number of hydrogen-bond acceptors (Lipinski definition) is 2. The maximum Gasteiger partial charge on any atom is 0.119 e. The summed E-state index contributed by atoms with van der Waals surface area (Å²) in [6, 6.07) is 15.7. The molecule has 2 nitrogen and oxygen atoms in total. The molecule has 1 aliphatic rings. The summed E-state index contributed by atoms with van der Waals surface area (Å²) in [6.07, 6.45) is 1.06. The molecule has 22 heavy (non-hydrogen) atoms. The van der Waals surface area contributed by atoms with E-state index in [0.717, 1.165) is 18.7 Å². The summed E-state index contributed by atoms with van der Waals surface area (Å²) >= 11 is 0. The normalized spacial score (nSPS) is 17.9. The molecule has 0 radical (unpaired) electrons. The van der Waals surface area contributed by atoms with Crippen LogP contribution in [0.3, 0.4) is 0 Å². The van der Waals surface area contributed by atoms with Crippen LogP contribution in [0.5, 0.6) is 5.75 Å². The van der Waals surface area contributed by atoms with Crippen molar-refractivity contribution >= 4 is 0 Å². The van der Waals surface area contributed by atoms with Crippen molar-refractivity contribution in [2.75, 3.05) is 13.7 Å². The number of benzene rings is 2. The van der Waals surface area contributed by atoms with Crippen molar-refractivity contribution in [1.29, 1.82) is 0 Å². The standard InChI is InChI=1S/C20H25NO/c1-20(2,3)16-7-5-14(6-8-16)19-18-10-9-17(22-4)13-15(18)11-12-21-19/h5-10,13,19,21H,11-12H2,1-4H3. The molecular formula is C20H25NO. The summed E-state index contributed by atoms with van der Waals surface area (Å²) in [7, 11) is 1.73. The van der Waals surface area contributed by atoms with Crippen LogP contribution in [0.25, 0.3) is 0 Å². The van der Waals surface area contributed by atoms with E-state index in [9.17, 15) is 0 Å². The minimum absolute atomic E-state index is 0.198. The molecule has 2 aromatic rings. The third-order valence-corrected chi connectivity index (χ3v) is 4.51. The molecule has 0 aliphatic carbocycles. The van der Waals surface area contributed by atoms with Gasteiger partial charge in [0.25, 0.3) is 0 Å². The largest absolute Gasteiger partial charge is 0.497 e. The fourth-order valence-corrected chi connectivity index (χ4v) is 3.14. The fourth-order valence-electron chi connectivity index (χ4n) is 3.14. The number of hydrogen-bond donors (Lipinski definition) is 1. The van der Waals surface area contributed by atoms with E-state index in [1.165, 1.54) is 22.3 Å². The van der Waals surface area contributed by atoms with E-state index in [2.05, 4.69) is 68.6 Å². The van der Waals surface area contributed by atoms with E-state index in [4.69, 9.17) is 4.74 Å². The number of ether oxygens (including phenoxy) is 1. The summed E-state index contributed by atoms with van der Waals surface area (Å²) < 4.78 is 5.35. The van der Waals surface area contributed by atoms with Gasteiger partial charge in [0.2, 0.25) is 0 Å². The van der Waals surface area contributed by atoms with Gasteiger partial charge in [-0.3, -0.25) is 0 Å². The van der Waals surface area contributed by atoms with Crippen molar-refractivity contribution in [2.45, 2.75) is 38.6 Å². The Morgan fingerprint density at radius 3 is 2.41 bits per heavy atom. The molecule has 1 N–H and O–H groups in total. The van der Waals surface area contributed by atoms with E-state index in [1.54, 1.807) is 7.11 Å². The zero-order valence-electron chi connectivity index (χ0n) is 13.9. The molecule has 0 spiro atoms. The van der Waals surface area contributed by atoms with E-state index in [0.29, 0.717) is 0 Å². The molecule has 0 aromatic heterocycles. The molecule has 1 atom stereocenters. The van der Waals surface area contributed by atoms with Gasteiger partial charge in [-0.05, 0) is 46.2 Å². The zero-order chi connectivity index (χ0) is 15.7. The van der Waals surface area contributed by atoms with E-state index in [-0.39, 0.29) is 11.5 Å². The number of nitrogens with one attached hydrogen (secondary N) is 1. The van der Waals surface area contributed by atoms with Crippen LogP contribution in [-0.2, 0) is 11.8 Å². The van der Waals surface area contributed by atoms with Gasteiger partial charge in [0.1, 0.15) is 5.75 Å².